The van der Waals surface area contributed by atoms with E-state index in [2.05, 4.69) is 15.5 Å². The van der Waals surface area contributed by atoms with E-state index in [4.69, 9.17) is 5.73 Å². The van der Waals surface area contributed by atoms with Crippen molar-refractivity contribution >= 4 is 11.9 Å². The highest BCUT2D eigenvalue weighted by Crippen LogP contribution is 2.29. The lowest BCUT2D eigenvalue weighted by Crippen LogP contribution is -2.54. The summed E-state index contributed by atoms with van der Waals surface area (Å²) in [6.07, 6.45) is 7.07. The summed E-state index contributed by atoms with van der Waals surface area (Å²) in [5, 5.41) is 5.63. The average Bonchev–Trinajstić information content (AvgIpc) is 2.72. The number of urea groups is 1. The molecule has 0 aromatic carbocycles. The molecule has 2 heterocycles. The molecular formula is C15H28N4O2. The van der Waals surface area contributed by atoms with Crippen molar-refractivity contribution in [3.63, 3.8) is 0 Å². The third-order valence-corrected chi connectivity index (χ3v) is 4.89. The van der Waals surface area contributed by atoms with Gasteiger partial charge in [-0.05, 0) is 58.2 Å². The van der Waals surface area contributed by atoms with Crippen molar-refractivity contribution in [1.82, 2.24) is 15.5 Å². The van der Waals surface area contributed by atoms with Gasteiger partial charge >= 0.3 is 6.03 Å². The first-order valence-corrected chi connectivity index (χ1v) is 8.16. The van der Waals surface area contributed by atoms with Crippen LogP contribution >= 0.6 is 0 Å². The Morgan fingerprint density at radius 3 is 2.57 bits per heavy atom. The molecule has 2 aliphatic rings. The number of likely N-dealkylation sites (tertiary alicyclic amines) is 1. The van der Waals surface area contributed by atoms with Crippen LogP contribution in [-0.2, 0) is 4.79 Å². The zero-order valence-corrected chi connectivity index (χ0v) is 12.9. The first kappa shape index (κ1) is 16.2. The van der Waals surface area contributed by atoms with Gasteiger partial charge in [-0.2, -0.15) is 0 Å². The molecule has 0 bridgehead atoms. The van der Waals surface area contributed by atoms with Gasteiger partial charge in [0.25, 0.3) is 0 Å². The molecule has 2 aliphatic heterocycles. The number of nitrogens with zero attached hydrogens (tertiary/aromatic N) is 1. The molecule has 0 saturated carbocycles. The van der Waals surface area contributed by atoms with E-state index in [1.165, 1.54) is 25.7 Å². The van der Waals surface area contributed by atoms with Crippen LogP contribution < -0.4 is 16.4 Å². The second kappa shape index (κ2) is 7.75. The van der Waals surface area contributed by atoms with Gasteiger partial charge in [-0.15, -0.1) is 0 Å². The molecule has 21 heavy (non-hydrogen) atoms. The number of imide groups is 1. The number of amides is 3. The van der Waals surface area contributed by atoms with Crippen LogP contribution in [0.5, 0.6) is 0 Å². The smallest absolute Gasteiger partial charge is 0.318 e. The molecule has 6 heteroatoms. The van der Waals surface area contributed by atoms with E-state index in [1.807, 2.05) is 6.92 Å². The number of carbonyl (C=O) groups is 2. The Bertz CT molecular complexity index is 369. The minimum Gasteiger partial charge on any atom is -0.351 e. The van der Waals surface area contributed by atoms with Gasteiger partial charge < -0.3 is 11.1 Å². The van der Waals surface area contributed by atoms with Crippen LogP contribution in [0, 0.1) is 5.92 Å². The SMILES string of the molecule is CC(C(=O)NC(N)=O)N1CCCCCC1C1CCNCC1. The van der Waals surface area contributed by atoms with E-state index in [0.717, 1.165) is 32.5 Å². The molecule has 4 N–H and O–H groups in total. The van der Waals surface area contributed by atoms with Gasteiger partial charge in [0.15, 0.2) is 0 Å². The van der Waals surface area contributed by atoms with E-state index in [9.17, 15) is 9.59 Å². The molecule has 0 aromatic rings. The number of hydrogen-bond acceptors (Lipinski definition) is 4. The first-order valence-electron chi connectivity index (χ1n) is 8.16. The van der Waals surface area contributed by atoms with Crippen molar-refractivity contribution < 1.29 is 9.59 Å². The Balaban J connectivity index is 2.07. The van der Waals surface area contributed by atoms with E-state index in [-0.39, 0.29) is 11.9 Å². The second-order valence-corrected chi connectivity index (χ2v) is 6.27. The van der Waals surface area contributed by atoms with E-state index in [1.54, 1.807) is 0 Å². The van der Waals surface area contributed by atoms with Gasteiger partial charge in [-0.25, -0.2) is 4.79 Å². The Kier molecular flexibility index (Phi) is 5.99. The van der Waals surface area contributed by atoms with Crippen molar-refractivity contribution in [1.29, 1.82) is 0 Å². The molecule has 3 amide bonds. The van der Waals surface area contributed by atoms with Crippen molar-refractivity contribution in [2.75, 3.05) is 19.6 Å². The number of hydrogen-bond donors (Lipinski definition) is 3. The highest BCUT2D eigenvalue weighted by molar-refractivity contribution is 5.96. The maximum atomic E-state index is 12.1. The van der Waals surface area contributed by atoms with Gasteiger partial charge in [0.1, 0.15) is 0 Å². The Hall–Kier alpha value is -1.14. The summed E-state index contributed by atoms with van der Waals surface area (Å²) in [5.41, 5.74) is 5.07. The third-order valence-electron chi connectivity index (χ3n) is 4.89. The number of nitrogens with two attached hydrogens (primary N) is 1. The lowest BCUT2D eigenvalue weighted by molar-refractivity contribution is -0.126. The zero-order chi connectivity index (χ0) is 15.2. The minimum absolute atomic E-state index is 0.275. The maximum Gasteiger partial charge on any atom is 0.318 e. The van der Waals surface area contributed by atoms with Gasteiger partial charge in [0, 0.05) is 6.04 Å². The average molecular weight is 296 g/mol. The fraction of sp³-hybridized carbons (Fsp3) is 0.867. The summed E-state index contributed by atoms with van der Waals surface area (Å²) in [5.74, 6) is 0.372. The summed E-state index contributed by atoms with van der Waals surface area (Å²) in [6.45, 7) is 4.95. The Morgan fingerprint density at radius 2 is 1.90 bits per heavy atom. The highest BCUT2D eigenvalue weighted by Gasteiger charge is 2.34. The molecular weight excluding hydrogens is 268 g/mol. The lowest BCUT2D eigenvalue weighted by atomic mass is 9.86. The number of piperidine rings is 1. The van der Waals surface area contributed by atoms with Gasteiger partial charge in [0.05, 0.1) is 6.04 Å². The van der Waals surface area contributed by atoms with Crippen LogP contribution in [0.15, 0.2) is 0 Å². The van der Waals surface area contributed by atoms with Crippen LogP contribution in [0.4, 0.5) is 4.79 Å². The number of carbonyl (C=O) groups excluding carboxylic acids is 2. The van der Waals surface area contributed by atoms with Crippen LogP contribution in [0.25, 0.3) is 0 Å². The zero-order valence-electron chi connectivity index (χ0n) is 12.9. The molecule has 6 nitrogen and oxygen atoms in total. The quantitative estimate of drug-likeness (QED) is 0.719. The van der Waals surface area contributed by atoms with E-state index < -0.39 is 6.03 Å². The number of nitrogens with one attached hydrogen (secondary N) is 2. The van der Waals surface area contributed by atoms with Crippen molar-refractivity contribution in [3.05, 3.63) is 0 Å². The van der Waals surface area contributed by atoms with Gasteiger partial charge in [0.2, 0.25) is 5.91 Å². The van der Waals surface area contributed by atoms with Crippen LogP contribution in [-0.4, -0.2) is 48.6 Å². The van der Waals surface area contributed by atoms with Crippen molar-refractivity contribution in [3.8, 4) is 0 Å². The monoisotopic (exact) mass is 296 g/mol. The Morgan fingerprint density at radius 1 is 1.19 bits per heavy atom. The number of primary amides is 1. The second-order valence-electron chi connectivity index (χ2n) is 6.27. The summed E-state index contributed by atoms with van der Waals surface area (Å²) in [4.78, 5) is 25.3. The molecule has 2 atom stereocenters. The summed E-state index contributed by atoms with van der Waals surface area (Å²) >= 11 is 0. The molecule has 120 valence electrons. The van der Waals surface area contributed by atoms with Crippen LogP contribution in [0.1, 0.15) is 45.4 Å². The fourth-order valence-corrected chi connectivity index (χ4v) is 3.75. The van der Waals surface area contributed by atoms with Crippen LogP contribution in [0.3, 0.4) is 0 Å². The third kappa shape index (κ3) is 4.41. The van der Waals surface area contributed by atoms with Gasteiger partial charge in [-0.1, -0.05) is 12.8 Å². The first-order chi connectivity index (χ1) is 10.1. The molecule has 2 saturated heterocycles. The fourth-order valence-electron chi connectivity index (χ4n) is 3.75. The minimum atomic E-state index is -0.764. The van der Waals surface area contributed by atoms with E-state index >= 15 is 0 Å². The Labute approximate surface area is 126 Å². The predicted molar refractivity (Wildman–Crippen MR) is 81.7 cm³/mol. The van der Waals surface area contributed by atoms with Gasteiger partial charge in [-0.3, -0.25) is 15.0 Å². The van der Waals surface area contributed by atoms with Crippen LogP contribution in [0.2, 0.25) is 0 Å². The lowest BCUT2D eigenvalue weighted by Gasteiger charge is -2.40. The maximum absolute atomic E-state index is 12.1. The van der Waals surface area contributed by atoms with E-state index in [0.29, 0.717) is 12.0 Å². The predicted octanol–water partition coefficient (Wildman–Crippen LogP) is 0.814. The standard InChI is InChI=1S/C15H28N4O2/c1-11(14(20)18-15(16)21)19-10-4-2-3-5-13(19)12-6-8-17-9-7-12/h11-13,17H,2-10H2,1H3,(H3,16,18,20,21). The molecule has 0 radical (unpaired) electrons. The largest absolute Gasteiger partial charge is 0.351 e. The van der Waals surface area contributed by atoms with Crippen molar-refractivity contribution in [2.24, 2.45) is 11.7 Å². The highest BCUT2D eigenvalue weighted by atomic mass is 16.2. The molecule has 0 spiro atoms. The molecule has 2 fully saturated rings. The molecule has 0 aliphatic carbocycles. The molecule has 2 unspecified atom stereocenters. The summed E-state index contributed by atoms with van der Waals surface area (Å²) in [7, 11) is 0. The number of rotatable bonds is 3. The molecule has 0 aromatic heterocycles. The normalized spacial score (nSPS) is 26.8. The summed E-state index contributed by atoms with van der Waals surface area (Å²) < 4.78 is 0. The topological polar surface area (TPSA) is 87.5 Å². The van der Waals surface area contributed by atoms with Crippen molar-refractivity contribution in [2.45, 2.75) is 57.5 Å². The summed E-state index contributed by atoms with van der Waals surface area (Å²) in [6, 6.07) is -0.612. The molecule has 2 rings (SSSR count).